The third-order valence-corrected chi connectivity index (χ3v) is 3.80. The van der Waals surface area contributed by atoms with Crippen LogP contribution in [0.15, 0.2) is 48.5 Å². The molecule has 2 aromatic carbocycles. The summed E-state index contributed by atoms with van der Waals surface area (Å²) in [5.74, 6) is -0.169. The number of hydrogen-bond donors (Lipinski definition) is 1. The van der Waals surface area contributed by atoms with Gasteiger partial charge in [0.1, 0.15) is 5.82 Å². The lowest BCUT2D eigenvalue weighted by Crippen LogP contribution is -2.32. The van der Waals surface area contributed by atoms with Crippen molar-refractivity contribution in [2.45, 2.75) is 25.6 Å². The lowest BCUT2D eigenvalue weighted by molar-refractivity contribution is 0.0789. The number of fused-ring (bicyclic) bond motifs is 1. The summed E-state index contributed by atoms with van der Waals surface area (Å²) >= 11 is 0. The minimum Gasteiger partial charge on any atom is -0.375 e. The van der Waals surface area contributed by atoms with Gasteiger partial charge in [-0.3, -0.25) is 0 Å². The highest BCUT2D eigenvalue weighted by atomic mass is 19.1. The quantitative estimate of drug-likeness (QED) is 0.918. The summed E-state index contributed by atoms with van der Waals surface area (Å²) in [4.78, 5) is 0. The average molecular weight is 271 g/mol. The maximum atomic E-state index is 13.8. The summed E-state index contributed by atoms with van der Waals surface area (Å²) < 4.78 is 19.4. The number of halogens is 1. The van der Waals surface area contributed by atoms with Gasteiger partial charge in [-0.15, -0.1) is 0 Å². The molecule has 0 fully saturated rings. The monoisotopic (exact) mass is 271 g/mol. The van der Waals surface area contributed by atoms with E-state index in [4.69, 9.17) is 4.74 Å². The van der Waals surface area contributed by atoms with Gasteiger partial charge in [-0.1, -0.05) is 42.5 Å². The third kappa shape index (κ3) is 2.60. The first kappa shape index (κ1) is 13.3. The minimum atomic E-state index is -0.169. The van der Waals surface area contributed by atoms with Crippen molar-refractivity contribution >= 4 is 0 Å². The van der Waals surface area contributed by atoms with Gasteiger partial charge in [-0.2, -0.15) is 0 Å². The molecule has 0 aliphatic carbocycles. The summed E-state index contributed by atoms with van der Waals surface area (Å²) in [6, 6.07) is 15.2. The molecule has 2 aromatic rings. The Bertz CT molecular complexity index is 599. The predicted molar refractivity (Wildman–Crippen MR) is 76.8 cm³/mol. The molecule has 1 aliphatic rings. The summed E-state index contributed by atoms with van der Waals surface area (Å²) in [6.07, 6.45) is 0. The van der Waals surface area contributed by atoms with E-state index in [1.54, 1.807) is 6.07 Å². The largest absolute Gasteiger partial charge is 0.375 e. The van der Waals surface area contributed by atoms with Crippen LogP contribution in [0.3, 0.4) is 0 Å². The zero-order chi connectivity index (χ0) is 13.9. The second kappa shape index (κ2) is 5.73. The minimum absolute atomic E-state index is 0.0593. The van der Waals surface area contributed by atoms with Crippen LogP contribution in [0.5, 0.6) is 0 Å². The molecule has 1 aliphatic heterocycles. The first-order valence-electron chi connectivity index (χ1n) is 6.91. The molecule has 0 aromatic heterocycles. The molecule has 2 nitrogen and oxygen atoms in total. The van der Waals surface area contributed by atoms with Crippen molar-refractivity contribution in [1.29, 1.82) is 0 Å². The van der Waals surface area contributed by atoms with Crippen molar-refractivity contribution in [3.8, 4) is 0 Å². The number of nitrogens with one attached hydrogen (secondary N) is 1. The smallest absolute Gasteiger partial charge is 0.127 e. The Morgan fingerprint density at radius 2 is 1.90 bits per heavy atom. The molecule has 1 unspecified atom stereocenters. The maximum Gasteiger partial charge on any atom is 0.127 e. The fourth-order valence-electron chi connectivity index (χ4n) is 2.74. The Morgan fingerprint density at radius 1 is 1.15 bits per heavy atom. The van der Waals surface area contributed by atoms with Crippen molar-refractivity contribution in [2.24, 2.45) is 0 Å². The molecule has 0 bridgehead atoms. The van der Waals surface area contributed by atoms with Crippen LogP contribution in [0.1, 0.15) is 35.7 Å². The predicted octanol–water partition coefficient (Wildman–Crippen LogP) is 3.75. The molecule has 3 rings (SSSR count). The zero-order valence-electron chi connectivity index (χ0n) is 11.5. The van der Waals surface area contributed by atoms with Gasteiger partial charge in [0.2, 0.25) is 0 Å². The molecule has 0 spiro atoms. The Kier molecular flexibility index (Phi) is 3.81. The second-order valence-corrected chi connectivity index (χ2v) is 5.18. The Balaban J connectivity index is 1.81. The van der Waals surface area contributed by atoms with E-state index in [-0.39, 0.29) is 17.9 Å². The van der Waals surface area contributed by atoms with E-state index in [1.165, 1.54) is 17.2 Å². The highest BCUT2D eigenvalue weighted by molar-refractivity contribution is 5.31. The molecule has 0 saturated heterocycles. The van der Waals surface area contributed by atoms with E-state index < -0.39 is 0 Å². The first-order valence-corrected chi connectivity index (χ1v) is 6.91. The van der Waals surface area contributed by atoms with Gasteiger partial charge in [-0.05, 0) is 24.1 Å². The number of hydrogen-bond acceptors (Lipinski definition) is 2. The highest BCUT2D eigenvalue weighted by Gasteiger charge is 2.22. The van der Waals surface area contributed by atoms with Gasteiger partial charge >= 0.3 is 0 Å². The molecule has 0 radical (unpaired) electrons. The van der Waals surface area contributed by atoms with Crippen LogP contribution in [-0.4, -0.2) is 6.61 Å². The van der Waals surface area contributed by atoms with Crippen molar-refractivity contribution in [3.63, 3.8) is 0 Å². The average Bonchev–Trinajstić information content (AvgIpc) is 2.48. The fraction of sp³-hybridized carbons (Fsp3) is 0.294. The van der Waals surface area contributed by atoms with Crippen LogP contribution in [-0.2, 0) is 11.3 Å². The number of ether oxygens (including phenoxy) is 1. The van der Waals surface area contributed by atoms with E-state index in [1.807, 2.05) is 31.2 Å². The fourth-order valence-corrected chi connectivity index (χ4v) is 2.74. The summed E-state index contributed by atoms with van der Waals surface area (Å²) in [7, 11) is 0. The van der Waals surface area contributed by atoms with Crippen LogP contribution in [0.4, 0.5) is 4.39 Å². The summed E-state index contributed by atoms with van der Waals surface area (Å²) in [5.41, 5.74) is 3.15. The lowest BCUT2D eigenvalue weighted by Gasteiger charge is -2.29. The topological polar surface area (TPSA) is 21.3 Å². The van der Waals surface area contributed by atoms with Crippen LogP contribution in [0.2, 0.25) is 0 Å². The molecule has 2 atom stereocenters. The maximum absolute atomic E-state index is 13.8. The van der Waals surface area contributed by atoms with Gasteiger partial charge in [0, 0.05) is 11.6 Å². The van der Waals surface area contributed by atoms with Crippen molar-refractivity contribution in [3.05, 3.63) is 71.0 Å². The first-order chi connectivity index (χ1) is 9.75. The number of benzene rings is 2. The lowest BCUT2D eigenvalue weighted by atomic mass is 9.97. The molecule has 1 heterocycles. The Hall–Kier alpha value is -1.71. The van der Waals surface area contributed by atoms with Crippen LogP contribution in [0, 0.1) is 5.82 Å². The molecule has 0 saturated carbocycles. The van der Waals surface area contributed by atoms with E-state index in [9.17, 15) is 4.39 Å². The van der Waals surface area contributed by atoms with Crippen molar-refractivity contribution < 1.29 is 9.13 Å². The van der Waals surface area contributed by atoms with E-state index >= 15 is 0 Å². The highest BCUT2D eigenvalue weighted by Crippen LogP contribution is 2.27. The summed E-state index contributed by atoms with van der Waals surface area (Å²) in [6.45, 7) is 3.26. The molecular weight excluding hydrogens is 253 g/mol. The Morgan fingerprint density at radius 3 is 2.75 bits per heavy atom. The molecule has 20 heavy (non-hydrogen) atoms. The molecule has 104 valence electrons. The standard InChI is InChI=1S/C17H18FNO/c1-12(14-7-4-5-9-16(14)18)19-17-11-20-10-13-6-2-3-8-15(13)17/h2-9,12,17,19H,10-11H2,1H3/t12-,17?/m1/s1. The van der Waals surface area contributed by atoms with E-state index in [0.717, 1.165) is 0 Å². The molecular formula is C17H18FNO. The van der Waals surface area contributed by atoms with Gasteiger partial charge in [0.05, 0.1) is 19.3 Å². The van der Waals surface area contributed by atoms with Crippen molar-refractivity contribution in [1.82, 2.24) is 5.32 Å². The van der Waals surface area contributed by atoms with E-state index in [2.05, 4.69) is 17.4 Å². The van der Waals surface area contributed by atoms with Gasteiger partial charge < -0.3 is 10.1 Å². The van der Waals surface area contributed by atoms with Gasteiger partial charge in [-0.25, -0.2) is 4.39 Å². The van der Waals surface area contributed by atoms with Crippen LogP contribution in [0.25, 0.3) is 0 Å². The third-order valence-electron chi connectivity index (χ3n) is 3.80. The second-order valence-electron chi connectivity index (χ2n) is 5.18. The van der Waals surface area contributed by atoms with Crippen LogP contribution >= 0.6 is 0 Å². The molecule has 3 heteroatoms. The van der Waals surface area contributed by atoms with E-state index in [0.29, 0.717) is 18.8 Å². The van der Waals surface area contributed by atoms with Gasteiger partial charge in [0.15, 0.2) is 0 Å². The van der Waals surface area contributed by atoms with Gasteiger partial charge in [0.25, 0.3) is 0 Å². The normalized spacial score (nSPS) is 19.4. The number of rotatable bonds is 3. The van der Waals surface area contributed by atoms with Crippen LogP contribution < -0.4 is 5.32 Å². The zero-order valence-corrected chi connectivity index (χ0v) is 11.5. The summed E-state index contributed by atoms with van der Waals surface area (Å²) in [5, 5.41) is 3.47. The molecule has 0 amide bonds. The van der Waals surface area contributed by atoms with Crippen molar-refractivity contribution in [2.75, 3.05) is 6.61 Å². The SMILES string of the molecule is C[C@@H](NC1COCc2ccccc21)c1ccccc1F. The molecule has 1 N–H and O–H groups in total. The Labute approximate surface area is 118 Å².